The van der Waals surface area contributed by atoms with E-state index < -0.39 is 0 Å². The molecule has 2 aromatic heterocycles. The van der Waals surface area contributed by atoms with E-state index in [-0.39, 0.29) is 5.91 Å². The average Bonchev–Trinajstić information content (AvgIpc) is 2.40. The summed E-state index contributed by atoms with van der Waals surface area (Å²) in [6.45, 7) is 0. The molecule has 6 heteroatoms. The van der Waals surface area contributed by atoms with Gasteiger partial charge in [0.1, 0.15) is 0 Å². The zero-order valence-electron chi connectivity index (χ0n) is 9.35. The molecule has 0 aromatic carbocycles. The summed E-state index contributed by atoms with van der Waals surface area (Å²) in [5, 5.41) is 14.6. The van der Waals surface area contributed by atoms with Crippen molar-refractivity contribution in [3.63, 3.8) is 0 Å². The molecule has 0 radical (unpaired) electrons. The third-order valence-corrected chi connectivity index (χ3v) is 2.11. The third-order valence-electron chi connectivity index (χ3n) is 2.11. The number of carbonyl (C=O) groups excluding carboxylic acids is 1. The maximum atomic E-state index is 11.6. The molecule has 18 heavy (non-hydrogen) atoms. The lowest BCUT2D eigenvalue weighted by atomic mass is 10.2. The van der Waals surface area contributed by atoms with Crippen molar-refractivity contribution >= 4 is 12.1 Å². The quantitative estimate of drug-likeness (QED) is 0.368. The van der Waals surface area contributed by atoms with E-state index >= 15 is 0 Å². The lowest BCUT2D eigenvalue weighted by molar-refractivity contribution is -0.605. The Kier molecular flexibility index (Phi) is 3.60. The predicted octanol–water partition coefficient (Wildman–Crippen LogP) is 0.479. The van der Waals surface area contributed by atoms with Crippen LogP contribution >= 0.6 is 0 Å². The van der Waals surface area contributed by atoms with Gasteiger partial charge >= 0.3 is 0 Å². The molecule has 1 N–H and O–H groups in total. The predicted molar refractivity (Wildman–Crippen MR) is 64.7 cm³/mol. The summed E-state index contributed by atoms with van der Waals surface area (Å²) in [7, 11) is 0. The van der Waals surface area contributed by atoms with Crippen LogP contribution in [0.25, 0.3) is 0 Å². The molecule has 0 aliphatic rings. The minimum absolute atomic E-state index is 0.361. The summed E-state index contributed by atoms with van der Waals surface area (Å²) in [5.41, 5.74) is 3.35. The number of amides is 1. The molecule has 0 fully saturated rings. The molecule has 0 unspecified atom stereocenters. The molecule has 0 saturated heterocycles. The van der Waals surface area contributed by atoms with Crippen molar-refractivity contribution in [3.05, 3.63) is 65.4 Å². The minimum Gasteiger partial charge on any atom is -0.619 e. The molecule has 2 aromatic rings. The summed E-state index contributed by atoms with van der Waals surface area (Å²) >= 11 is 0. The summed E-state index contributed by atoms with van der Waals surface area (Å²) < 4.78 is 0.605. The van der Waals surface area contributed by atoms with Gasteiger partial charge in [0.05, 0.1) is 17.5 Å². The minimum atomic E-state index is -0.386. The van der Waals surface area contributed by atoms with E-state index in [0.717, 1.165) is 0 Å². The van der Waals surface area contributed by atoms with Gasteiger partial charge in [-0.15, -0.1) is 0 Å². The van der Waals surface area contributed by atoms with Crippen LogP contribution in [0.2, 0.25) is 0 Å². The van der Waals surface area contributed by atoms with Crippen molar-refractivity contribution in [2.75, 3.05) is 0 Å². The van der Waals surface area contributed by atoms with E-state index in [1.54, 1.807) is 18.3 Å². The van der Waals surface area contributed by atoms with Crippen LogP contribution in [0.5, 0.6) is 0 Å². The number of carbonyl (C=O) groups is 1. The van der Waals surface area contributed by atoms with Crippen LogP contribution < -0.4 is 10.2 Å². The second-order valence-electron chi connectivity index (χ2n) is 3.40. The molecule has 0 saturated carbocycles. The van der Waals surface area contributed by atoms with Crippen molar-refractivity contribution in [3.8, 4) is 0 Å². The average molecular weight is 242 g/mol. The maximum Gasteiger partial charge on any atom is 0.271 e. The molecule has 2 heterocycles. The number of nitrogens with zero attached hydrogens (tertiary/aromatic N) is 3. The van der Waals surface area contributed by atoms with Gasteiger partial charge in [0.15, 0.2) is 12.4 Å². The Hall–Kier alpha value is -2.76. The van der Waals surface area contributed by atoms with Crippen molar-refractivity contribution in [2.45, 2.75) is 0 Å². The fourth-order valence-corrected chi connectivity index (χ4v) is 1.24. The number of hydrogen-bond acceptors (Lipinski definition) is 4. The van der Waals surface area contributed by atoms with E-state index in [1.165, 1.54) is 30.7 Å². The Morgan fingerprint density at radius 1 is 1.33 bits per heavy atom. The molecule has 6 nitrogen and oxygen atoms in total. The summed E-state index contributed by atoms with van der Waals surface area (Å²) in [6, 6.07) is 8.20. The lowest BCUT2D eigenvalue weighted by Gasteiger charge is -1.99. The molecular formula is C12H10N4O2. The Morgan fingerprint density at radius 2 is 2.11 bits per heavy atom. The van der Waals surface area contributed by atoms with Crippen LogP contribution in [0, 0.1) is 5.21 Å². The van der Waals surface area contributed by atoms with Gasteiger partial charge in [-0.05, 0) is 12.1 Å². The highest BCUT2D eigenvalue weighted by Crippen LogP contribution is 1.94. The van der Waals surface area contributed by atoms with Crippen molar-refractivity contribution in [1.82, 2.24) is 10.4 Å². The third kappa shape index (κ3) is 3.11. The van der Waals surface area contributed by atoms with Gasteiger partial charge in [-0.25, -0.2) is 5.43 Å². The van der Waals surface area contributed by atoms with Crippen molar-refractivity contribution < 1.29 is 9.52 Å². The van der Waals surface area contributed by atoms with Crippen LogP contribution in [0.4, 0.5) is 0 Å². The van der Waals surface area contributed by atoms with E-state index in [0.29, 0.717) is 16.0 Å². The standard InChI is InChI=1S/C12H10N4O2/c17-12(10-4-7-16(18)8-5-10)15-14-9-11-3-1-2-6-13-11/h1-9H,(H,15,17)/b14-9+. The number of hydrogen-bond donors (Lipinski definition) is 1. The lowest BCUT2D eigenvalue weighted by Crippen LogP contribution is -2.26. The number of pyridine rings is 2. The van der Waals surface area contributed by atoms with E-state index in [4.69, 9.17) is 0 Å². The molecule has 2 rings (SSSR count). The van der Waals surface area contributed by atoms with Gasteiger partial charge in [0.25, 0.3) is 5.91 Å². The smallest absolute Gasteiger partial charge is 0.271 e. The van der Waals surface area contributed by atoms with E-state index in [1.807, 2.05) is 6.07 Å². The first-order chi connectivity index (χ1) is 8.75. The van der Waals surface area contributed by atoms with Gasteiger partial charge in [-0.1, -0.05) is 6.07 Å². The molecule has 0 atom stereocenters. The normalized spacial score (nSPS) is 10.4. The molecule has 0 spiro atoms. The van der Waals surface area contributed by atoms with Crippen molar-refractivity contribution in [1.29, 1.82) is 0 Å². The van der Waals surface area contributed by atoms with Gasteiger partial charge in [0.2, 0.25) is 0 Å². The second-order valence-corrected chi connectivity index (χ2v) is 3.40. The second kappa shape index (κ2) is 5.53. The Morgan fingerprint density at radius 3 is 2.78 bits per heavy atom. The van der Waals surface area contributed by atoms with Gasteiger partial charge < -0.3 is 5.21 Å². The Bertz CT molecular complexity index is 552. The van der Waals surface area contributed by atoms with Crippen LogP contribution in [-0.2, 0) is 0 Å². The first-order valence-electron chi connectivity index (χ1n) is 5.19. The highest BCUT2D eigenvalue weighted by Gasteiger charge is 2.04. The Balaban J connectivity index is 1.96. The first-order valence-corrected chi connectivity index (χ1v) is 5.19. The summed E-state index contributed by atoms with van der Waals surface area (Å²) in [6.07, 6.45) is 5.57. The van der Waals surface area contributed by atoms with Crippen LogP contribution in [0.1, 0.15) is 16.1 Å². The van der Waals surface area contributed by atoms with Gasteiger partial charge in [-0.2, -0.15) is 9.83 Å². The topological polar surface area (TPSA) is 81.3 Å². The van der Waals surface area contributed by atoms with E-state index in [9.17, 15) is 10.0 Å². The number of aromatic nitrogens is 2. The first kappa shape index (κ1) is 11.7. The highest BCUT2D eigenvalue weighted by atomic mass is 16.5. The monoisotopic (exact) mass is 242 g/mol. The summed E-state index contributed by atoms with van der Waals surface area (Å²) in [4.78, 5) is 15.6. The van der Waals surface area contributed by atoms with Gasteiger partial charge in [-0.3, -0.25) is 9.78 Å². The van der Waals surface area contributed by atoms with Crippen LogP contribution in [0.15, 0.2) is 54.0 Å². The zero-order chi connectivity index (χ0) is 12.8. The number of nitrogens with one attached hydrogen (secondary N) is 1. The molecule has 0 aliphatic carbocycles. The Labute approximate surface area is 103 Å². The SMILES string of the molecule is O=C(N/N=C/c1ccccn1)c1cc[n+]([O-])cc1. The number of hydrazone groups is 1. The van der Waals surface area contributed by atoms with Crippen LogP contribution in [0.3, 0.4) is 0 Å². The fourth-order valence-electron chi connectivity index (χ4n) is 1.24. The van der Waals surface area contributed by atoms with Gasteiger partial charge in [0, 0.05) is 18.3 Å². The maximum absolute atomic E-state index is 11.6. The van der Waals surface area contributed by atoms with E-state index in [2.05, 4.69) is 15.5 Å². The molecular weight excluding hydrogens is 232 g/mol. The fraction of sp³-hybridized carbons (Fsp3) is 0. The molecule has 90 valence electrons. The van der Waals surface area contributed by atoms with Crippen molar-refractivity contribution in [2.24, 2.45) is 5.10 Å². The number of rotatable bonds is 3. The molecule has 0 aliphatic heterocycles. The van der Waals surface area contributed by atoms with Crippen LogP contribution in [-0.4, -0.2) is 17.1 Å². The molecule has 1 amide bonds. The highest BCUT2D eigenvalue weighted by molar-refractivity contribution is 5.94. The zero-order valence-corrected chi connectivity index (χ0v) is 9.35. The largest absolute Gasteiger partial charge is 0.619 e. The summed E-state index contributed by atoms with van der Waals surface area (Å²) in [5.74, 6) is -0.386. The molecule has 0 bridgehead atoms.